The number of carbonyl (C=O) groups is 2. The van der Waals surface area contributed by atoms with Gasteiger partial charge >= 0.3 is 0 Å². The van der Waals surface area contributed by atoms with Crippen LogP contribution >= 0.6 is 33.9 Å². The zero-order valence-corrected chi connectivity index (χ0v) is 19.4. The zero-order valence-electron chi connectivity index (χ0n) is 16.4. The molecule has 0 radical (unpaired) electrons. The van der Waals surface area contributed by atoms with Crippen LogP contribution in [-0.2, 0) is 16.8 Å². The molecule has 0 unspecified atom stereocenters. The fourth-order valence-corrected chi connectivity index (χ4v) is 6.04. The van der Waals surface area contributed by atoms with E-state index in [4.69, 9.17) is 0 Å². The first-order valence-electron chi connectivity index (χ1n) is 9.93. The largest absolute Gasteiger partial charge is 0.346 e. The van der Waals surface area contributed by atoms with Gasteiger partial charge in [0.25, 0.3) is 5.91 Å². The van der Waals surface area contributed by atoms with Crippen LogP contribution in [0.3, 0.4) is 0 Å². The number of nitrogens with zero attached hydrogens (tertiary/aromatic N) is 2. The molecule has 1 aromatic carbocycles. The maximum atomic E-state index is 13.3. The van der Waals surface area contributed by atoms with Gasteiger partial charge in [-0.15, -0.1) is 11.3 Å². The number of hydrogen-bond acceptors (Lipinski definition) is 4. The molecular formula is C22H21IN4O2S. The highest BCUT2D eigenvalue weighted by atomic mass is 127. The zero-order chi connectivity index (χ0) is 20.9. The summed E-state index contributed by atoms with van der Waals surface area (Å²) >= 11 is 3.68. The molecule has 2 aromatic heterocycles. The van der Waals surface area contributed by atoms with Crippen LogP contribution in [-0.4, -0.2) is 27.6 Å². The van der Waals surface area contributed by atoms with Crippen LogP contribution in [0, 0.1) is 10.5 Å². The van der Waals surface area contributed by atoms with Crippen LogP contribution in [0.5, 0.6) is 0 Å². The lowest BCUT2D eigenvalue weighted by Crippen LogP contribution is -2.48. The minimum Gasteiger partial charge on any atom is -0.346 e. The fourth-order valence-electron chi connectivity index (χ4n) is 4.20. The molecule has 2 atom stereocenters. The first kappa shape index (κ1) is 19.7. The molecule has 2 aliphatic carbocycles. The summed E-state index contributed by atoms with van der Waals surface area (Å²) in [5.74, 6) is -0.114. The Balaban J connectivity index is 1.40. The van der Waals surface area contributed by atoms with Crippen molar-refractivity contribution in [2.75, 3.05) is 0 Å². The number of carbonyl (C=O) groups excluding carboxylic acids is 2. The van der Waals surface area contributed by atoms with Gasteiger partial charge in [0.1, 0.15) is 10.4 Å². The van der Waals surface area contributed by atoms with Gasteiger partial charge < -0.3 is 10.6 Å². The second kappa shape index (κ2) is 7.49. The van der Waals surface area contributed by atoms with Gasteiger partial charge in [-0.05, 0) is 76.9 Å². The lowest BCUT2D eigenvalue weighted by atomic mass is 10.1. The average Bonchev–Trinajstić information content (AvgIpc) is 3.06. The van der Waals surface area contributed by atoms with E-state index in [0.29, 0.717) is 6.42 Å². The summed E-state index contributed by atoms with van der Waals surface area (Å²) in [7, 11) is 0. The van der Waals surface area contributed by atoms with Crippen LogP contribution in [0.2, 0.25) is 0 Å². The minimum atomic E-state index is -0.601. The van der Waals surface area contributed by atoms with Crippen LogP contribution in [0.4, 0.5) is 0 Å². The number of amides is 2. The molecule has 6 nitrogen and oxygen atoms in total. The summed E-state index contributed by atoms with van der Waals surface area (Å²) in [4.78, 5) is 27.0. The third kappa shape index (κ3) is 3.26. The van der Waals surface area contributed by atoms with Gasteiger partial charge in [-0.25, -0.2) is 0 Å². The molecule has 2 amide bonds. The van der Waals surface area contributed by atoms with E-state index in [1.807, 2.05) is 42.8 Å². The molecule has 8 heteroatoms. The SMILES string of the molecule is Cc1csc(C(=O)N[C@@H]2Cc3ccccc3[C@H]2NC(=O)C2(n3cccn3)CC2)c1I. The molecule has 30 heavy (non-hydrogen) atoms. The lowest BCUT2D eigenvalue weighted by molar-refractivity contribution is -0.126. The number of thiophene rings is 1. The van der Waals surface area contributed by atoms with Crippen LogP contribution in [0.1, 0.15) is 45.2 Å². The van der Waals surface area contributed by atoms with Gasteiger partial charge in [-0.3, -0.25) is 14.3 Å². The number of nitrogens with one attached hydrogen (secondary N) is 2. The number of halogens is 1. The van der Waals surface area contributed by atoms with Gasteiger partial charge in [0.05, 0.1) is 12.1 Å². The third-order valence-electron chi connectivity index (χ3n) is 6.03. The molecule has 0 spiro atoms. The standard InChI is InChI=1S/C22H21IN4O2S/c1-13-12-30-19(17(13)23)20(28)25-16-11-14-5-2-3-6-15(14)18(16)26-21(29)22(7-8-22)27-10-4-9-24-27/h2-6,9-10,12,16,18H,7-8,11H2,1H3,(H,25,28)(H,26,29)/t16-,18-/m1/s1. The van der Waals surface area contributed by atoms with Crippen molar-refractivity contribution < 1.29 is 9.59 Å². The van der Waals surface area contributed by atoms with Crippen LogP contribution < -0.4 is 10.6 Å². The summed E-state index contributed by atoms with van der Waals surface area (Å²) in [6, 6.07) is 9.48. The number of fused-ring (bicyclic) bond motifs is 1. The summed E-state index contributed by atoms with van der Waals surface area (Å²) in [5, 5.41) is 12.7. The van der Waals surface area contributed by atoms with Gasteiger partial charge in [0, 0.05) is 16.0 Å². The monoisotopic (exact) mass is 532 g/mol. The number of aromatic nitrogens is 2. The smallest absolute Gasteiger partial charge is 0.262 e. The number of aryl methyl sites for hydroxylation is 1. The van der Waals surface area contributed by atoms with Crippen molar-refractivity contribution in [3.63, 3.8) is 0 Å². The molecule has 0 bridgehead atoms. The predicted molar refractivity (Wildman–Crippen MR) is 123 cm³/mol. The summed E-state index contributed by atoms with van der Waals surface area (Å²) in [6.45, 7) is 2.01. The van der Waals surface area contributed by atoms with E-state index in [-0.39, 0.29) is 23.9 Å². The number of hydrogen-bond donors (Lipinski definition) is 2. The minimum absolute atomic E-state index is 0.0336. The summed E-state index contributed by atoms with van der Waals surface area (Å²) in [5.41, 5.74) is 2.74. The van der Waals surface area contributed by atoms with Gasteiger partial charge in [-0.2, -0.15) is 5.10 Å². The highest BCUT2D eigenvalue weighted by Crippen LogP contribution is 2.44. The topological polar surface area (TPSA) is 76.0 Å². The molecule has 0 saturated heterocycles. The van der Waals surface area contributed by atoms with E-state index in [0.717, 1.165) is 38.0 Å². The molecule has 2 N–H and O–H groups in total. The molecule has 0 aliphatic heterocycles. The Morgan fingerprint density at radius 3 is 2.70 bits per heavy atom. The Morgan fingerprint density at radius 1 is 1.23 bits per heavy atom. The number of rotatable bonds is 5. The molecule has 1 fully saturated rings. The maximum absolute atomic E-state index is 13.3. The van der Waals surface area contributed by atoms with Crippen molar-refractivity contribution in [3.05, 3.63) is 73.2 Å². The summed E-state index contributed by atoms with van der Waals surface area (Å²) < 4.78 is 2.75. The Bertz CT molecular complexity index is 1120. The van der Waals surface area contributed by atoms with Crippen molar-refractivity contribution in [2.45, 2.75) is 43.8 Å². The Labute approximate surface area is 192 Å². The lowest BCUT2D eigenvalue weighted by Gasteiger charge is -2.26. The highest BCUT2D eigenvalue weighted by molar-refractivity contribution is 14.1. The van der Waals surface area contributed by atoms with E-state index in [9.17, 15) is 9.59 Å². The normalized spacial score (nSPS) is 21.1. The van der Waals surface area contributed by atoms with Crippen molar-refractivity contribution in [1.82, 2.24) is 20.4 Å². The molecule has 3 aromatic rings. The molecular weight excluding hydrogens is 511 g/mol. The van der Waals surface area contributed by atoms with Gasteiger partial charge in [-0.1, -0.05) is 24.3 Å². The fraction of sp³-hybridized carbons (Fsp3) is 0.318. The second-order valence-corrected chi connectivity index (χ2v) is 9.94. The van der Waals surface area contributed by atoms with E-state index in [2.05, 4.69) is 44.4 Å². The quantitative estimate of drug-likeness (QED) is 0.494. The first-order chi connectivity index (χ1) is 14.5. The molecule has 154 valence electrons. The van der Waals surface area contributed by atoms with Crippen LogP contribution in [0.15, 0.2) is 48.1 Å². The summed E-state index contributed by atoms with van der Waals surface area (Å²) in [6.07, 6.45) is 5.79. The molecule has 5 rings (SSSR count). The molecule has 2 heterocycles. The Hall–Kier alpha value is -2.20. The molecule has 1 saturated carbocycles. The maximum Gasteiger partial charge on any atom is 0.262 e. The van der Waals surface area contributed by atoms with E-state index in [1.54, 1.807) is 10.9 Å². The van der Waals surface area contributed by atoms with Crippen molar-refractivity contribution in [2.24, 2.45) is 0 Å². The van der Waals surface area contributed by atoms with E-state index >= 15 is 0 Å². The van der Waals surface area contributed by atoms with Gasteiger partial charge in [0.2, 0.25) is 5.91 Å². The highest BCUT2D eigenvalue weighted by Gasteiger charge is 2.53. The van der Waals surface area contributed by atoms with Crippen LogP contribution in [0.25, 0.3) is 0 Å². The average molecular weight is 532 g/mol. The Morgan fingerprint density at radius 2 is 2.03 bits per heavy atom. The Kier molecular flexibility index (Phi) is 4.93. The predicted octanol–water partition coefficient (Wildman–Crippen LogP) is 3.56. The van der Waals surface area contributed by atoms with Crippen molar-refractivity contribution in [3.8, 4) is 0 Å². The number of benzene rings is 1. The third-order valence-corrected chi connectivity index (χ3v) is 8.88. The van der Waals surface area contributed by atoms with Crippen molar-refractivity contribution >= 4 is 45.7 Å². The first-order valence-corrected chi connectivity index (χ1v) is 11.9. The molecule has 2 aliphatic rings. The van der Waals surface area contributed by atoms with E-state index in [1.165, 1.54) is 11.3 Å². The van der Waals surface area contributed by atoms with E-state index < -0.39 is 5.54 Å². The van der Waals surface area contributed by atoms with Crippen molar-refractivity contribution in [1.29, 1.82) is 0 Å². The second-order valence-electron chi connectivity index (χ2n) is 7.98. The van der Waals surface area contributed by atoms with Gasteiger partial charge in [0.15, 0.2) is 0 Å².